The molecule has 1 heterocycles. The molecule has 2 nitrogen and oxygen atoms in total. The molecule has 0 atom stereocenters. The smallest absolute Gasteiger partial charge is 0.226 e. The number of nitrogens with zero attached hydrogens (tertiary/aromatic N) is 1. The van der Waals surface area contributed by atoms with E-state index in [-0.39, 0.29) is 0 Å². The lowest BCUT2D eigenvalue weighted by atomic mass is 10.2. The molecule has 0 radical (unpaired) electrons. The second-order valence-corrected chi connectivity index (χ2v) is 4.30. The summed E-state index contributed by atoms with van der Waals surface area (Å²) in [5.41, 5.74) is 2.04. The topological polar surface area (TPSA) is 26.0 Å². The monoisotopic (exact) mass is 265 g/mol. The Morgan fingerprint density at radius 3 is 2.80 bits per heavy atom. The fourth-order valence-corrected chi connectivity index (χ4v) is 1.90. The lowest BCUT2D eigenvalue weighted by Gasteiger charge is -1.95. The molecular weight excluding hydrogens is 254 g/mol. The van der Waals surface area contributed by atoms with Gasteiger partial charge in [-0.05, 0) is 31.5 Å². The number of halogens is 1. The van der Waals surface area contributed by atoms with Crippen LogP contribution < -0.4 is 0 Å². The van der Waals surface area contributed by atoms with Crippen molar-refractivity contribution in [2.24, 2.45) is 0 Å². The summed E-state index contributed by atoms with van der Waals surface area (Å²) < 4.78 is 6.65. The summed E-state index contributed by atoms with van der Waals surface area (Å²) in [6, 6.07) is 7.96. The van der Waals surface area contributed by atoms with Crippen LogP contribution in [0.1, 0.15) is 18.4 Å². The molecule has 0 fully saturated rings. The van der Waals surface area contributed by atoms with Gasteiger partial charge in [-0.25, -0.2) is 4.98 Å². The van der Waals surface area contributed by atoms with Gasteiger partial charge in [0, 0.05) is 10.0 Å². The van der Waals surface area contributed by atoms with Crippen LogP contribution in [0.25, 0.3) is 11.5 Å². The van der Waals surface area contributed by atoms with Gasteiger partial charge >= 0.3 is 0 Å². The molecule has 0 unspecified atom stereocenters. The van der Waals surface area contributed by atoms with Gasteiger partial charge in [-0.15, -0.1) is 0 Å². The van der Waals surface area contributed by atoms with Gasteiger partial charge in [-0.2, -0.15) is 0 Å². The predicted octanol–water partition coefficient (Wildman–Crippen LogP) is 3.97. The summed E-state index contributed by atoms with van der Waals surface area (Å²) >= 11 is 3.43. The molecule has 0 aliphatic carbocycles. The number of hydrogen-bond acceptors (Lipinski definition) is 2. The van der Waals surface area contributed by atoms with E-state index < -0.39 is 0 Å². The lowest BCUT2D eigenvalue weighted by molar-refractivity contribution is 0.539. The minimum Gasteiger partial charge on any atom is -0.441 e. The molecule has 1 aromatic carbocycles. The third-order valence-corrected chi connectivity index (χ3v) is 2.79. The molecule has 3 heteroatoms. The van der Waals surface area contributed by atoms with E-state index in [0.717, 1.165) is 27.9 Å². The van der Waals surface area contributed by atoms with Gasteiger partial charge in [0.1, 0.15) is 5.76 Å². The first-order chi connectivity index (χ1) is 7.20. The van der Waals surface area contributed by atoms with Gasteiger partial charge in [0.2, 0.25) is 5.89 Å². The standard InChI is InChI=1S/C12H12BrNO/c1-3-11-8(2)15-12(14-11)9-5-4-6-10(13)7-9/h4-7H,3H2,1-2H3. The van der Waals surface area contributed by atoms with Crippen molar-refractivity contribution in [3.63, 3.8) is 0 Å². The first-order valence-electron chi connectivity index (χ1n) is 4.93. The molecule has 0 N–H and O–H groups in total. The van der Waals surface area contributed by atoms with Crippen molar-refractivity contribution in [1.82, 2.24) is 4.98 Å². The minimum atomic E-state index is 0.700. The third kappa shape index (κ3) is 2.12. The third-order valence-electron chi connectivity index (χ3n) is 2.30. The van der Waals surface area contributed by atoms with Crippen molar-refractivity contribution in [3.05, 3.63) is 40.2 Å². The Balaban J connectivity index is 2.45. The number of benzene rings is 1. The van der Waals surface area contributed by atoms with Gasteiger partial charge in [0.25, 0.3) is 0 Å². The second kappa shape index (κ2) is 4.19. The van der Waals surface area contributed by atoms with Crippen LogP contribution in [0.3, 0.4) is 0 Å². The van der Waals surface area contributed by atoms with Crippen molar-refractivity contribution in [3.8, 4) is 11.5 Å². The first-order valence-corrected chi connectivity index (χ1v) is 5.72. The summed E-state index contributed by atoms with van der Waals surface area (Å²) in [6.07, 6.45) is 0.906. The fourth-order valence-electron chi connectivity index (χ4n) is 1.50. The summed E-state index contributed by atoms with van der Waals surface area (Å²) in [5, 5.41) is 0. The SMILES string of the molecule is CCc1nc(-c2cccc(Br)c2)oc1C. The highest BCUT2D eigenvalue weighted by molar-refractivity contribution is 9.10. The molecular formula is C12H12BrNO. The molecule has 0 aliphatic rings. The van der Waals surface area contributed by atoms with Crippen LogP contribution >= 0.6 is 15.9 Å². The summed E-state index contributed by atoms with van der Waals surface area (Å²) in [6.45, 7) is 4.03. The minimum absolute atomic E-state index is 0.700. The van der Waals surface area contributed by atoms with Gasteiger partial charge in [-0.1, -0.05) is 28.9 Å². The van der Waals surface area contributed by atoms with Gasteiger partial charge in [-0.3, -0.25) is 0 Å². The maximum Gasteiger partial charge on any atom is 0.226 e. The van der Waals surface area contributed by atoms with Crippen LogP contribution in [0, 0.1) is 6.92 Å². The van der Waals surface area contributed by atoms with Crippen molar-refractivity contribution in [2.75, 3.05) is 0 Å². The Bertz CT molecular complexity index is 476. The summed E-state index contributed by atoms with van der Waals surface area (Å²) in [5.74, 6) is 1.61. The van der Waals surface area contributed by atoms with Crippen molar-refractivity contribution >= 4 is 15.9 Å². The highest BCUT2D eigenvalue weighted by Gasteiger charge is 2.09. The maximum atomic E-state index is 5.61. The van der Waals surface area contributed by atoms with E-state index in [1.54, 1.807) is 0 Å². The molecule has 2 rings (SSSR count). The lowest BCUT2D eigenvalue weighted by Crippen LogP contribution is -1.82. The Morgan fingerprint density at radius 2 is 2.20 bits per heavy atom. The molecule has 0 aliphatic heterocycles. The number of oxazole rings is 1. The van der Waals surface area contributed by atoms with Crippen LogP contribution in [0.5, 0.6) is 0 Å². The van der Waals surface area contributed by atoms with Crippen molar-refractivity contribution in [1.29, 1.82) is 0 Å². The zero-order valence-electron chi connectivity index (χ0n) is 8.75. The number of aromatic nitrogens is 1. The number of aryl methyl sites for hydroxylation is 2. The van der Waals surface area contributed by atoms with E-state index in [1.807, 2.05) is 31.2 Å². The van der Waals surface area contributed by atoms with E-state index in [2.05, 4.69) is 27.8 Å². The van der Waals surface area contributed by atoms with Gasteiger partial charge < -0.3 is 4.42 Å². The Labute approximate surface area is 97.5 Å². The summed E-state index contributed by atoms with van der Waals surface area (Å²) in [7, 11) is 0. The van der Waals surface area contributed by atoms with Crippen molar-refractivity contribution < 1.29 is 4.42 Å². The summed E-state index contributed by atoms with van der Waals surface area (Å²) in [4.78, 5) is 4.45. The predicted molar refractivity (Wildman–Crippen MR) is 63.8 cm³/mol. The van der Waals surface area contributed by atoms with E-state index in [1.165, 1.54) is 0 Å². The largest absolute Gasteiger partial charge is 0.441 e. The Kier molecular flexibility index (Phi) is 2.91. The first kappa shape index (κ1) is 10.4. The van der Waals surface area contributed by atoms with Gasteiger partial charge in [0.05, 0.1) is 5.69 Å². The van der Waals surface area contributed by atoms with Crippen LogP contribution in [0.15, 0.2) is 33.2 Å². The second-order valence-electron chi connectivity index (χ2n) is 3.39. The highest BCUT2D eigenvalue weighted by atomic mass is 79.9. The maximum absolute atomic E-state index is 5.61. The Hall–Kier alpha value is -1.09. The zero-order chi connectivity index (χ0) is 10.8. The van der Waals surface area contributed by atoms with E-state index in [4.69, 9.17) is 4.42 Å². The van der Waals surface area contributed by atoms with E-state index >= 15 is 0 Å². The molecule has 2 aromatic rings. The zero-order valence-corrected chi connectivity index (χ0v) is 10.3. The molecule has 0 spiro atoms. The van der Waals surface area contributed by atoms with Crippen LogP contribution in [0.4, 0.5) is 0 Å². The quantitative estimate of drug-likeness (QED) is 0.821. The highest BCUT2D eigenvalue weighted by Crippen LogP contribution is 2.24. The van der Waals surface area contributed by atoms with Gasteiger partial charge in [0.15, 0.2) is 0 Å². The van der Waals surface area contributed by atoms with Crippen LogP contribution in [0.2, 0.25) is 0 Å². The van der Waals surface area contributed by atoms with E-state index in [0.29, 0.717) is 5.89 Å². The Morgan fingerprint density at radius 1 is 1.40 bits per heavy atom. The normalized spacial score (nSPS) is 10.6. The van der Waals surface area contributed by atoms with Crippen molar-refractivity contribution in [2.45, 2.75) is 20.3 Å². The van der Waals surface area contributed by atoms with Crippen LogP contribution in [-0.4, -0.2) is 4.98 Å². The van der Waals surface area contributed by atoms with Crippen LogP contribution in [-0.2, 0) is 6.42 Å². The molecule has 0 bridgehead atoms. The average molecular weight is 266 g/mol. The number of rotatable bonds is 2. The number of hydrogen-bond donors (Lipinski definition) is 0. The average Bonchev–Trinajstić information content (AvgIpc) is 2.60. The molecule has 1 aromatic heterocycles. The molecule has 0 saturated carbocycles. The fraction of sp³-hybridized carbons (Fsp3) is 0.250. The molecule has 0 amide bonds. The van der Waals surface area contributed by atoms with E-state index in [9.17, 15) is 0 Å². The molecule has 15 heavy (non-hydrogen) atoms. The molecule has 78 valence electrons. The molecule has 0 saturated heterocycles.